The average Bonchev–Trinajstić information content (AvgIpc) is 3.02. The van der Waals surface area contributed by atoms with Gasteiger partial charge < -0.3 is 10.1 Å². The van der Waals surface area contributed by atoms with Crippen LogP contribution in [0.3, 0.4) is 0 Å². The fourth-order valence-electron chi connectivity index (χ4n) is 1.96. The van der Waals surface area contributed by atoms with Crippen molar-refractivity contribution < 1.29 is 14.3 Å². The molecule has 1 aromatic heterocycles. The van der Waals surface area contributed by atoms with E-state index < -0.39 is 0 Å². The Labute approximate surface area is 144 Å². The molecule has 6 nitrogen and oxygen atoms in total. The van der Waals surface area contributed by atoms with Gasteiger partial charge in [0.05, 0.1) is 18.0 Å². The number of methoxy groups -OCH3 is 1. The lowest BCUT2D eigenvalue weighted by molar-refractivity contribution is -0.117. The zero-order chi connectivity index (χ0) is 17.4. The van der Waals surface area contributed by atoms with Gasteiger partial charge >= 0.3 is 0 Å². The molecule has 0 fully saturated rings. The van der Waals surface area contributed by atoms with Crippen LogP contribution >= 0.6 is 11.3 Å². The van der Waals surface area contributed by atoms with Crippen molar-refractivity contribution in [1.29, 1.82) is 0 Å². The number of aromatic nitrogens is 1. The first-order valence-electron chi connectivity index (χ1n) is 7.38. The maximum absolute atomic E-state index is 12.0. The first kappa shape index (κ1) is 17.8. The Morgan fingerprint density at radius 2 is 2.08 bits per heavy atom. The Morgan fingerprint density at radius 1 is 1.33 bits per heavy atom. The number of anilines is 2. The number of amides is 2. The van der Waals surface area contributed by atoms with Gasteiger partial charge in [-0.1, -0.05) is 18.2 Å². The molecule has 0 spiro atoms. The van der Waals surface area contributed by atoms with Gasteiger partial charge in [-0.25, -0.2) is 4.98 Å². The summed E-state index contributed by atoms with van der Waals surface area (Å²) in [5.41, 5.74) is 1.38. The van der Waals surface area contributed by atoms with Gasteiger partial charge in [-0.05, 0) is 18.2 Å². The summed E-state index contributed by atoms with van der Waals surface area (Å²) in [6, 6.07) is 9.32. The minimum absolute atomic E-state index is 0.122. The van der Waals surface area contributed by atoms with E-state index in [1.54, 1.807) is 23.5 Å². The van der Waals surface area contributed by atoms with Crippen LogP contribution in [-0.2, 0) is 14.3 Å². The molecule has 0 atom stereocenters. The van der Waals surface area contributed by atoms with Gasteiger partial charge in [-0.15, -0.1) is 11.3 Å². The number of nitrogens with zero attached hydrogens (tertiary/aromatic N) is 2. The molecule has 126 valence electrons. The predicted octanol–water partition coefficient (Wildman–Crippen LogP) is 2.60. The zero-order valence-electron chi connectivity index (χ0n) is 13.6. The van der Waals surface area contributed by atoms with E-state index in [1.807, 2.05) is 30.3 Å². The number of para-hydroxylation sites is 1. The normalized spacial score (nSPS) is 10.8. The molecule has 0 saturated carbocycles. The van der Waals surface area contributed by atoms with Crippen molar-refractivity contribution in [2.24, 2.45) is 0 Å². The topological polar surface area (TPSA) is 71.5 Å². The molecule has 1 aromatic carbocycles. The van der Waals surface area contributed by atoms with Crippen LogP contribution in [0.2, 0.25) is 0 Å². The summed E-state index contributed by atoms with van der Waals surface area (Å²) in [6.07, 6.45) is 3.03. The second kappa shape index (κ2) is 8.95. The standard InChI is InChI=1S/C17H19N3O3S/c1-13(21)20(15-6-4-3-5-7-15)17-19-14(12-24-17)8-9-16(22)18-10-11-23-2/h3-9,12H,10-11H2,1-2H3,(H,18,22)/b9-8+. The maximum Gasteiger partial charge on any atom is 0.244 e. The lowest BCUT2D eigenvalue weighted by Crippen LogP contribution is -2.24. The summed E-state index contributed by atoms with van der Waals surface area (Å²) in [5.74, 6) is -0.337. The minimum Gasteiger partial charge on any atom is -0.383 e. The fourth-order valence-corrected chi connectivity index (χ4v) is 2.81. The molecule has 0 aliphatic heterocycles. The van der Waals surface area contributed by atoms with Crippen LogP contribution in [0, 0.1) is 0 Å². The number of hydrogen-bond acceptors (Lipinski definition) is 5. The molecule has 0 aliphatic carbocycles. The monoisotopic (exact) mass is 345 g/mol. The molecule has 24 heavy (non-hydrogen) atoms. The van der Waals surface area contributed by atoms with E-state index in [-0.39, 0.29) is 11.8 Å². The summed E-state index contributed by atoms with van der Waals surface area (Å²) >= 11 is 1.34. The zero-order valence-corrected chi connectivity index (χ0v) is 14.4. The third-order valence-electron chi connectivity index (χ3n) is 3.04. The van der Waals surface area contributed by atoms with E-state index in [4.69, 9.17) is 4.74 Å². The van der Waals surface area contributed by atoms with E-state index in [9.17, 15) is 9.59 Å². The molecular weight excluding hydrogens is 326 g/mol. The summed E-state index contributed by atoms with van der Waals surface area (Å²) in [5, 5.41) is 5.05. The Hall–Kier alpha value is -2.51. The van der Waals surface area contributed by atoms with Crippen molar-refractivity contribution in [2.75, 3.05) is 25.2 Å². The second-order valence-corrected chi connectivity index (χ2v) is 5.70. The molecule has 2 aromatic rings. The molecule has 1 heterocycles. The molecule has 2 rings (SSSR count). The molecule has 0 saturated heterocycles. The molecular formula is C17H19N3O3S. The molecule has 0 unspecified atom stereocenters. The van der Waals surface area contributed by atoms with Crippen LogP contribution in [0.15, 0.2) is 41.8 Å². The highest BCUT2D eigenvalue weighted by molar-refractivity contribution is 7.14. The summed E-state index contributed by atoms with van der Waals surface area (Å²) in [4.78, 5) is 29.5. The summed E-state index contributed by atoms with van der Waals surface area (Å²) in [7, 11) is 1.58. The van der Waals surface area contributed by atoms with Crippen molar-refractivity contribution in [1.82, 2.24) is 10.3 Å². The van der Waals surface area contributed by atoms with Gasteiger partial charge in [0, 0.05) is 32.0 Å². The van der Waals surface area contributed by atoms with E-state index in [0.29, 0.717) is 24.0 Å². The molecule has 7 heteroatoms. The fraction of sp³-hybridized carbons (Fsp3) is 0.235. The van der Waals surface area contributed by atoms with Crippen molar-refractivity contribution in [3.8, 4) is 0 Å². The second-order valence-electron chi connectivity index (χ2n) is 4.86. The number of rotatable bonds is 7. The number of benzene rings is 1. The van der Waals surface area contributed by atoms with Crippen molar-refractivity contribution in [2.45, 2.75) is 6.92 Å². The highest BCUT2D eigenvalue weighted by Crippen LogP contribution is 2.28. The number of ether oxygens (including phenoxy) is 1. The first-order chi connectivity index (χ1) is 11.6. The number of carbonyl (C=O) groups is 2. The smallest absolute Gasteiger partial charge is 0.244 e. The maximum atomic E-state index is 12.0. The molecule has 0 bridgehead atoms. The van der Waals surface area contributed by atoms with E-state index in [0.717, 1.165) is 5.69 Å². The average molecular weight is 345 g/mol. The largest absolute Gasteiger partial charge is 0.383 e. The molecule has 0 aliphatic rings. The van der Waals surface area contributed by atoms with Crippen LogP contribution in [0.1, 0.15) is 12.6 Å². The van der Waals surface area contributed by atoms with Crippen molar-refractivity contribution in [3.05, 3.63) is 47.5 Å². The predicted molar refractivity (Wildman–Crippen MR) is 95.3 cm³/mol. The quantitative estimate of drug-likeness (QED) is 0.618. The Balaban J connectivity index is 2.08. The molecule has 0 radical (unpaired) electrons. The van der Waals surface area contributed by atoms with Gasteiger partial charge in [0.2, 0.25) is 11.8 Å². The SMILES string of the molecule is COCCNC(=O)/C=C/c1csc(N(C(C)=O)c2ccccc2)n1. The lowest BCUT2D eigenvalue weighted by Gasteiger charge is -2.17. The number of hydrogen-bond donors (Lipinski definition) is 1. The first-order valence-corrected chi connectivity index (χ1v) is 8.26. The Kier molecular flexibility index (Phi) is 6.65. The number of carbonyl (C=O) groups excluding carboxylic acids is 2. The third-order valence-corrected chi connectivity index (χ3v) is 3.89. The minimum atomic E-state index is -0.215. The summed E-state index contributed by atoms with van der Waals surface area (Å²) < 4.78 is 4.86. The van der Waals surface area contributed by atoms with Gasteiger partial charge in [-0.3, -0.25) is 14.5 Å². The summed E-state index contributed by atoms with van der Waals surface area (Å²) in [6.45, 7) is 2.41. The van der Waals surface area contributed by atoms with Gasteiger partial charge in [0.1, 0.15) is 0 Å². The Morgan fingerprint density at radius 3 is 2.75 bits per heavy atom. The highest BCUT2D eigenvalue weighted by Gasteiger charge is 2.17. The van der Waals surface area contributed by atoms with Crippen LogP contribution in [0.25, 0.3) is 6.08 Å². The lowest BCUT2D eigenvalue weighted by atomic mass is 10.3. The van der Waals surface area contributed by atoms with Crippen LogP contribution in [-0.4, -0.2) is 37.1 Å². The van der Waals surface area contributed by atoms with E-state index in [1.165, 1.54) is 24.3 Å². The Bertz CT molecular complexity index is 713. The molecule has 2 amide bonds. The molecule has 1 N–H and O–H groups in total. The van der Waals surface area contributed by atoms with E-state index in [2.05, 4.69) is 10.3 Å². The highest BCUT2D eigenvalue weighted by atomic mass is 32.1. The van der Waals surface area contributed by atoms with Crippen molar-refractivity contribution in [3.63, 3.8) is 0 Å². The van der Waals surface area contributed by atoms with Crippen molar-refractivity contribution >= 4 is 40.0 Å². The van der Waals surface area contributed by atoms with Gasteiger partial charge in [0.25, 0.3) is 0 Å². The van der Waals surface area contributed by atoms with Crippen LogP contribution in [0.4, 0.5) is 10.8 Å². The van der Waals surface area contributed by atoms with Gasteiger partial charge in [-0.2, -0.15) is 0 Å². The van der Waals surface area contributed by atoms with Crippen LogP contribution in [0.5, 0.6) is 0 Å². The number of thiazole rings is 1. The number of nitrogens with one attached hydrogen (secondary N) is 1. The van der Waals surface area contributed by atoms with E-state index >= 15 is 0 Å². The third kappa shape index (κ3) is 5.00. The van der Waals surface area contributed by atoms with Crippen LogP contribution < -0.4 is 10.2 Å². The van der Waals surface area contributed by atoms with Gasteiger partial charge in [0.15, 0.2) is 5.13 Å².